The maximum atomic E-state index is 9.00. The second-order valence-corrected chi connectivity index (χ2v) is 4.02. The number of nitrogens with one attached hydrogen (secondary N) is 2. The maximum Gasteiger partial charge on any atom is 0.300 e. The predicted molar refractivity (Wildman–Crippen MR) is 80.2 cm³/mol. The molecule has 0 aromatic rings. The van der Waals surface area contributed by atoms with Crippen molar-refractivity contribution in [1.82, 2.24) is 10.6 Å². The van der Waals surface area contributed by atoms with E-state index in [9.17, 15) is 0 Å². The minimum atomic E-state index is -0.833. The number of carboxylic acids is 1. The van der Waals surface area contributed by atoms with Gasteiger partial charge in [-0.3, -0.25) is 4.79 Å². The first-order valence-electron chi connectivity index (χ1n) is 7.17. The molecule has 0 saturated carbocycles. The standard InChI is InChI=1S/2C6H15N.C2H4O2.Pd/c2*1-3-5-7-6-4-2;1-2(3)4;/h2*7H,3-6H2,1-2H3;1H3,(H,3,4);. The fraction of sp³-hybridized carbons (Fsp3) is 0.929. The van der Waals surface area contributed by atoms with Gasteiger partial charge in [-0.05, 0) is 51.9 Å². The van der Waals surface area contributed by atoms with Crippen LogP contribution in [0.25, 0.3) is 0 Å². The minimum Gasteiger partial charge on any atom is -0.481 e. The van der Waals surface area contributed by atoms with E-state index in [1.165, 1.54) is 51.9 Å². The van der Waals surface area contributed by atoms with Crippen LogP contribution in [-0.4, -0.2) is 37.3 Å². The third kappa shape index (κ3) is 71.7. The molecule has 0 aliphatic heterocycles. The van der Waals surface area contributed by atoms with Gasteiger partial charge in [0.1, 0.15) is 0 Å². The van der Waals surface area contributed by atoms with Gasteiger partial charge in [-0.15, -0.1) is 0 Å². The molecular formula is C14H34N2O2Pd. The molecule has 19 heavy (non-hydrogen) atoms. The normalized spacial score (nSPS) is 8.26. The molecule has 122 valence electrons. The third-order valence-electron chi connectivity index (χ3n) is 1.71. The Labute approximate surface area is 133 Å². The number of hydrogen-bond donors (Lipinski definition) is 3. The van der Waals surface area contributed by atoms with Crippen LogP contribution in [0.2, 0.25) is 0 Å². The molecule has 0 aromatic heterocycles. The molecule has 4 nitrogen and oxygen atoms in total. The van der Waals surface area contributed by atoms with Gasteiger partial charge >= 0.3 is 0 Å². The second kappa shape index (κ2) is 30.8. The van der Waals surface area contributed by atoms with Crippen molar-refractivity contribution in [2.45, 2.75) is 60.3 Å². The Balaban J connectivity index is -0.0000000900. The summed E-state index contributed by atoms with van der Waals surface area (Å²) < 4.78 is 0. The van der Waals surface area contributed by atoms with Crippen molar-refractivity contribution in [2.24, 2.45) is 0 Å². The number of carbonyl (C=O) groups is 1. The summed E-state index contributed by atoms with van der Waals surface area (Å²) in [5.41, 5.74) is 0. The van der Waals surface area contributed by atoms with E-state index in [4.69, 9.17) is 9.90 Å². The largest absolute Gasteiger partial charge is 0.481 e. The van der Waals surface area contributed by atoms with Crippen LogP contribution in [0.4, 0.5) is 0 Å². The van der Waals surface area contributed by atoms with Crippen LogP contribution in [0.5, 0.6) is 0 Å². The van der Waals surface area contributed by atoms with E-state index in [-0.39, 0.29) is 20.4 Å². The summed E-state index contributed by atoms with van der Waals surface area (Å²) in [4.78, 5) is 9.00. The summed E-state index contributed by atoms with van der Waals surface area (Å²) >= 11 is 0. The van der Waals surface area contributed by atoms with Gasteiger partial charge in [-0.2, -0.15) is 0 Å². The average molecular weight is 369 g/mol. The van der Waals surface area contributed by atoms with Crippen LogP contribution in [0, 0.1) is 0 Å². The molecule has 3 N–H and O–H groups in total. The molecule has 0 radical (unpaired) electrons. The van der Waals surface area contributed by atoms with Gasteiger partial charge < -0.3 is 15.7 Å². The topological polar surface area (TPSA) is 61.4 Å². The second-order valence-electron chi connectivity index (χ2n) is 4.02. The number of rotatable bonds is 8. The van der Waals surface area contributed by atoms with Crippen molar-refractivity contribution in [3.8, 4) is 0 Å². The van der Waals surface area contributed by atoms with Gasteiger partial charge in [0.25, 0.3) is 5.97 Å². The number of carboxylic acid groups (broad SMARTS) is 1. The van der Waals surface area contributed by atoms with Crippen LogP contribution in [0.15, 0.2) is 0 Å². The molecule has 0 atom stereocenters. The van der Waals surface area contributed by atoms with Crippen LogP contribution < -0.4 is 10.6 Å². The summed E-state index contributed by atoms with van der Waals surface area (Å²) in [5.74, 6) is -0.833. The number of hydrogen-bond acceptors (Lipinski definition) is 3. The van der Waals surface area contributed by atoms with Crippen molar-refractivity contribution in [1.29, 1.82) is 0 Å². The third-order valence-corrected chi connectivity index (χ3v) is 1.71. The minimum absolute atomic E-state index is 0. The first kappa shape index (κ1) is 27.4. The molecule has 0 amide bonds. The van der Waals surface area contributed by atoms with Gasteiger partial charge in [-0.1, -0.05) is 27.7 Å². The Morgan fingerprint density at radius 2 is 0.947 bits per heavy atom. The van der Waals surface area contributed by atoms with Crippen molar-refractivity contribution in [3.63, 3.8) is 0 Å². The molecule has 0 saturated heterocycles. The van der Waals surface area contributed by atoms with E-state index in [1.54, 1.807) is 0 Å². The molecule has 0 unspecified atom stereocenters. The first-order chi connectivity index (χ1) is 8.56. The molecular weight excluding hydrogens is 335 g/mol. The smallest absolute Gasteiger partial charge is 0.300 e. The Morgan fingerprint density at radius 3 is 1.05 bits per heavy atom. The van der Waals surface area contributed by atoms with Gasteiger partial charge in [-0.25, -0.2) is 0 Å². The SMILES string of the molecule is CC(=O)O.CCCNCCC.CCCNCCC.[Pd]. The van der Waals surface area contributed by atoms with Crippen LogP contribution >= 0.6 is 0 Å². The monoisotopic (exact) mass is 368 g/mol. The number of aliphatic carboxylic acids is 1. The van der Waals surface area contributed by atoms with E-state index < -0.39 is 5.97 Å². The van der Waals surface area contributed by atoms with Crippen LogP contribution in [-0.2, 0) is 25.2 Å². The summed E-state index contributed by atoms with van der Waals surface area (Å²) in [6.45, 7) is 14.5. The summed E-state index contributed by atoms with van der Waals surface area (Å²) in [7, 11) is 0. The molecule has 0 spiro atoms. The van der Waals surface area contributed by atoms with Gasteiger partial charge in [0, 0.05) is 27.3 Å². The zero-order valence-electron chi connectivity index (χ0n) is 13.3. The van der Waals surface area contributed by atoms with E-state index >= 15 is 0 Å². The van der Waals surface area contributed by atoms with Crippen molar-refractivity contribution < 1.29 is 30.3 Å². The maximum absolute atomic E-state index is 9.00. The molecule has 0 heterocycles. The van der Waals surface area contributed by atoms with Crippen LogP contribution in [0.3, 0.4) is 0 Å². The summed E-state index contributed by atoms with van der Waals surface area (Å²) in [6.07, 6.45) is 5.00. The molecule has 0 aromatic carbocycles. The fourth-order valence-corrected chi connectivity index (χ4v) is 0.957. The molecule has 0 fully saturated rings. The molecule has 5 heteroatoms. The molecule has 0 aliphatic carbocycles. The van der Waals surface area contributed by atoms with E-state index in [1.807, 2.05) is 0 Å². The van der Waals surface area contributed by atoms with E-state index in [0.29, 0.717) is 0 Å². The molecule has 0 aliphatic rings. The fourth-order valence-electron chi connectivity index (χ4n) is 0.957. The zero-order chi connectivity index (χ0) is 14.6. The Hall–Kier alpha value is 0.0523. The Morgan fingerprint density at radius 1 is 0.789 bits per heavy atom. The average Bonchev–Trinajstić information content (AvgIpc) is 2.31. The van der Waals surface area contributed by atoms with Crippen molar-refractivity contribution in [3.05, 3.63) is 0 Å². The van der Waals surface area contributed by atoms with Crippen molar-refractivity contribution in [2.75, 3.05) is 26.2 Å². The van der Waals surface area contributed by atoms with E-state index in [0.717, 1.165) is 6.92 Å². The quantitative estimate of drug-likeness (QED) is 0.455. The predicted octanol–water partition coefficient (Wildman–Crippen LogP) is 2.88. The van der Waals surface area contributed by atoms with E-state index in [2.05, 4.69) is 38.3 Å². The van der Waals surface area contributed by atoms with Crippen molar-refractivity contribution >= 4 is 5.97 Å². The summed E-state index contributed by atoms with van der Waals surface area (Å²) in [6, 6.07) is 0. The van der Waals surface area contributed by atoms with Crippen LogP contribution in [0.1, 0.15) is 60.3 Å². The Kier molecular flexibility index (Phi) is 44.4. The van der Waals surface area contributed by atoms with Gasteiger partial charge in [0.05, 0.1) is 0 Å². The summed E-state index contributed by atoms with van der Waals surface area (Å²) in [5, 5.41) is 14.0. The Bertz CT molecular complexity index is 125. The first-order valence-corrected chi connectivity index (χ1v) is 7.17. The zero-order valence-corrected chi connectivity index (χ0v) is 14.9. The molecule has 0 rings (SSSR count). The molecule has 0 bridgehead atoms. The van der Waals surface area contributed by atoms with Gasteiger partial charge in [0.15, 0.2) is 0 Å². The van der Waals surface area contributed by atoms with Gasteiger partial charge in [0.2, 0.25) is 0 Å².